The van der Waals surface area contributed by atoms with Crippen molar-refractivity contribution >= 4 is 8.07 Å². The van der Waals surface area contributed by atoms with E-state index >= 15 is 0 Å². The van der Waals surface area contributed by atoms with Crippen molar-refractivity contribution in [3.63, 3.8) is 0 Å². The van der Waals surface area contributed by atoms with Gasteiger partial charge in [-0.3, -0.25) is 0 Å². The Morgan fingerprint density at radius 2 is 1.85 bits per heavy atom. The van der Waals surface area contributed by atoms with Crippen LogP contribution in [0.1, 0.15) is 40.0 Å². The highest BCUT2D eigenvalue weighted by Gasteiger charge is 2.53. The zero-order valence-corrected chi connectivity index (χ0v) is 14.7. The van der Waals surface area contributed by atoms with Crippen LogP contribution in [0.2, 0.25) is 18.1 Å². The van der Waals surface area contributed by atoms with Crippen molar-refractivity contribution in [1.29, 1.82) is 0 Å². The lowest BCUT2D eigenvalue weighted by Crippen LogP contribution is -2.43. The average Bonchev–Trinajstić information content (AvgIpc) is 2.94. The van der Waals surface area contributed by atoms with E-state index in [1.807, 2.05) is 0 Å². The minimum absolute atomic E-state index is 0.366. The molecule has 0 aromatic heterocycles. The summed E-state index contributed by atoms with van der Waals surface area (Å²) in [4.78, 5) is 0. The number of hydrogen-bond donors (Lipinski definition) is 0. The second-order valence-corrected chi connectivity index (χ2v) is 13.6. The van der Waals surface area contributed by atoms with E-state index in [-0.39, 0.29) is 0 Å². The molecule has 0 bridgehead atoms. The molecule has 1 aliphatic heterocycles. The molecule has 0 amide bonds. The molecule has 2 heteroatoms. The Morgan fingerprint density at radius 1 is 1.20 bits per heavy atom. The Balaban J connectivity index is 2.21. The number of hydrogen-bond acceptors (Lipinski definition) is 1. The van der Waals surface area contributed by atoms with Crippen LogP contribution in [0.3, 0.4) is 0 Å². The second-order valence-electron chi connectivity index (χ2n) is 8.40. The first-order chi connectivity index (χ1) is 9.23. The molecule has 0 atom stereocenters. The average molecular weight is 289 g/mol. The molecule has 1 heterocycles. The summed E-state index contributed by atoms with van der Waals surface area (Å²) in [5.41, 5.74) is 5.20. The monoisotopic (exact) mass is 288 g/mol. The minimum atomic E-state index is -1.55. The number of ether oxygens (including phenoxy) is 1. The third kappa shape index (κ3) is 1.84. The van der Waals surface area contributed by atoms with E-state index in [1.165, 1.54) is 19.3 Å². The van der Waals surface area contributed by atoms with Gasteiger partial charge in [-0.05, 0) is 46.4 Å². The summed E-state index contributed by atoms with van der Waals surface area (Å²) >= 11 is 0. The fourth-order valence-electron chi connectivity index (χ4n) is 3.81. The molecule has 110 valence electrons. The van der Waals surface area contributed by atoms with E-state index in [4.69, 9.17) is 4.74 Å². The highest BCUT2D eigenvalue weighted by Crippen LogP contribution is 2.63. The Kier molecular flexibility index (Phi) is 3.01. The molecule has 20 heavy (non-hydrogen) atoms. The summed E-state index contributed by atoms with van der Waals surface area (Å²) in [6.45, 7) is 18.2. The molecule has 0 aromatic rings. The highest BCUT2D eigenvalue weighted by atomic mass is 28.3. The van der Waals surface area contributed by atoms with Gasteiger partial charge in [0.25, 0.3) is 0 Å². The fourth-order valence-corrected chi connectivity index (χ4v) is 6.60. The molecule has 0 aromatic carbocycles. The minimum Gasteiger partial charge on any atom is -0.372 e. The lowest BCUT2D eigenvalue weighted by molar-refractivity contribution is 0.203. The third-order valence-corrected chi connectivity index (χ3v) is 11.8. The van der Waals surface area contributed by atoms with Crippen LogP contribution in [0.5, 0.6) is 0 Å². The maximum atomic E-state index is 5.82. The Morgan fingerprint density at radius 3 is 2.35 bits per heavy atom. The summed E-state index contributed by atoms with van der Waals surface area (Å²) in [6, 6.07) is 0. The largest absolute Gasteiger partial charge is 0.372 e. The standard InChI is InChI=1S/C18H28OSi/c1-7-15-16(20(5,6)17(2,3)4)14-12-19-11-13(14)10-18(15)8-9-18/h7H,1,8-12H2,2-6H3. The fraction of sp³-hybridized carbons (Fsp3) is 0.667. The molecular weight excluding hydrogens is 260 g/mol. The molecule has 1 spiro atoms. The summed E-state index contributed by atoms with van der Waals surface area (Å²) in [5, 5.41) is 2.06. The predicted molar refractivity (Wildman–Crippen MR) is 88.5 cm³/mol. The second kappa shape index (κ2) is 4.20. The van der Waals surface area contributed by atoms with Crippen LogP contribution >= 0.6 is 0 Å². The molecule has 0 unspecified atom stereocenters. The Bertz CT molecular complexity index is 524. The molecule has 1 nitrogen and oxygen atoms in total. The van der Waals surface area contributed by atoms with Crippen LogP contribution in [-0.4, -0.2) is 21.3 Å². The van der Waals surface area contributed by atoms with Gasteiger partial charge in [0.2, 0.25) is 0 Å². The SMILES string of the molecule is C=CC1=C([Si](C)(C)C(C)(C)C)C2=C(COC2)CC12CC2. The highest BCUT2D eigenvalue weighted by molar-refractivity contribution is 6.87. The van der Waals surface area contributed by atoms with E-state index in [9.17, 15) is 0 Å². The van der Waals surface area contributed by atoms with Gasteiger partial charge in [-0.15, -0.1) is 0 Å². The first kappa shape index (κ1) is 14.3. The quantitative estimate of drug-likeness (QED) is 0.648. The Labute approximate surface area is 124 Å². The number of rotatable bonds is 2. The van der Waals surface area contributed by atoms with Crippen molar-refractivity contribution in [3.8, 4) is 0 Å². The first-order valence-corrected chi connectivity index (χ1v) is 10.9. The van der Waals surface area contributed by atoms with Crippen molar-refractivity contribution in [2.24, 2.45) is 5.41 Å². The van der Waals surface area contributed by atoms with Crippen molar-refractivity contribution in [3.05, 3.63) is 34.6 Å². The summed E-state index contributed by atoms with van der Waals surface area (Å²) in [7, 11) is -1.55. The van der Waals surface area contributed by atoms with Crippen molar-refractivity contribution in [1.82, 2.24) is 0 Å². The van der Waals surface area contributed by atoms with E-state index in [1.54, 1.807) is 21.9 Å². The van der Waals surface area contributed by atoms with Crippen LogP contribution in [0.4, 0.5) is 0 Å². The topological polar surface area (TPSA) is 9.23 Å². The van der Waals surface area contributed by atoms with Gasteiger partial charge in [0.05, 0.1) is 21.3 Å². The van der Waals surface area contributed by atoms with Crippen LogP contribution in [0, 0.1) is 5.41 Å². The van der Waals surface area contributed by atoms with Crippen molar-refractivity contribution in [2.75, 3.05) is 13.2 Å². The molecular formula is C18H28OSi. The van der Waals surface area contributed by atoms with E-state index in [2.05, 4.69) is 46.5 Å². The molecule has 3 aliphatic rings. The Hall–Kier alpha value is -0.603. The predicted octanol–water partition coefficient (Wildman–Crippen LogP) is 5.03. The molecule has 3 rings (SSSR count). The molecule has 2 aliphatic carbocycles. The zero-order valence-electron chi connectivity index (χ0n) is 13.7. The normalized spacial score (nSPS) is 25.2. The smallest absolute Gasteiger partial charge is 0.0867 e. The van der Waals surface area contributed by atoms with Gasteiger partial charge in [-0.25, -0.2) is 0 Å². The maximum Gasteiger partial charge on any atom is 0.0867 e. The molecule has 0 N–H and O–H groups in total. The van der Waals surface area contributed by atoms with E-state index in [0.717, 1.165) is 13.2 Å². The molecule has 1 fully saturated rings. The third-order valence-electron chi connectivity index (χ3n) is 6.20. The molecule has 1 saturated carbocycles. The van der Waals surface area contributed by atoms with E-state index < -0.39 is 8.07 Å². The van der Waals surface area contributed by atoms with Crippen LogP contribution in [0.15, 0.2) is 34.6 Å². The van der Waals surface area contributed by atoms with Crippen molar-refractivity contribution < 1.29 is 4.74 Å². The summed E-state index contributed by atoms with van der Waals surface area (Å²) < 4.78 is 5.82. The van der Waals surface area contributed by atoms with Gasteiger partial charge in [-0.1, -0.05) is 51.7 Å². The van der Waals surface area contributed by atoms with Gasteiger partial charge in [0.1, 0.15) is 0 Å². The van der Waals surface area contributed by atoms with Crippen LogP contribution in [-0.2, 0) is 4.74 Å². The molecule has 0 saturated heterocycles. The lowest BCUT2D eigenvalue weighted by Gasteiger charge is -2.44. The number of allylic oxidation sites excluding steroid dienone is 2. The zero-order chi connectivity index (χ0) is 14.8. The van der Waals surface area contributed by atoms with Gasteiger partial charge in [-0.2, -0.15) is 0 Å². The van der Waals surface area contributed by atoms with Gasteiger partial charge in [0.15, 0.2) is 0 Å². The van der Waals surface area contributed by atoms with Crippen LogP contribution < -0.4 is 0 Å². The summed E-state index contributed by atoms with van der Waals surface area (Å²) in [5.74, 6) is 0. The lowest BCUT2D eigenvalue weighted by atomic mass is 9.81. The van der Waals surface area contributed by atoms with Gasteiger partial charge >= 0.3 is 0 Å². The first-order valence-electron chi connectivity index (χ1n) is 7.90. The van der Waals surface area contributed by atoms with Gasteiger partial charge < -0.3 is 4.74 Å². The van der Waals surface area contributed by atoms with Crippen LogP contribution in [0.25, 0.3) is 0 Å². The van der Waals surface area contributed by atoms with Gasteiger partial charge in [0, 0.05) is 0 Å². The maximum absolute atomic E-state index is 5.82. The molecule has 0 radical (unpaired) electrons. The van der Waals surface area contributed by atoms with E-state index in [0.29, 0.717) is 10.5 Å². The summed E-state index contributed by atoms with van der Waals surface area (Å²) in [6.07, 6.45) is 6.12. The van der Waals surface area contributed by atoms with Crippen molar-refractivity contribution in [2.45, 2.75) is 58.2 Å².